The van der Waals surface area contributed by atoms with E-state index in [-0.39, 0.29) is 11.5 Å². The highest BCUT2D eigenvalue weighted by Crippen LogP contribution is 2.29. The minimum Gasteiger partial charge on any atom is -0.353 e. The summed E-state index contributed by atoms with van der Waals surface area (Å²) in [5, 5.41) is 10.6. The molecule has 0 atom stereocenters. The molecule has 0 unspecified atom stereocenters. The van der Waals surface area contributed by atoms with Crippen LogP contribution in [0.25, 0.3) is 0 Å². The van der Waals surface area contributed by atoms with E-state index in [1.807, 2.05) is 7.05 Å². The van der Waals surface area contributed by atoms with E-state index in [0.717, 1.165) is 18.8 Å². The lowest BCUT2D eigenvalue weighted by Crippen LogP contribution is -2.38. The van der Waals surface area contributed by atoms with Gasteiger partial charge in [0.05, 0.1) is 23.4 Å². The molecule has 0 spiro atoms. The molecule has 6 nitrogen and oxygen atoms in total. The summed E-state index contributed by atoms with van der Waals surface area (Å²) in [6, 6.07) is 1.76. The van der Waals surface area contributed by atoms with Gasteiger partial charge in [0.2, 0.25) is 0 Å². The number of nitro groups is 1. The summed E-state index contributed by atoms with van der Waals surface area (Å²) in [6.07, 6.45) is 7.23. The Morgan fingerprint density at radius 2 is 2.10 bits per heavy atom. The highest BCUT2D eigenvalue weighted by molar-refractivity contribution is 5.96. The summed E-state index contributed by atoms with van der Waals surface area (Å²) in [7, 11) is 1.96. The molecule has 0 bridgehead atoms. The van der Waals surface area contributed by atoms with Gasteiger partial charge in [0.1, 0.15) is 0 Å². The van der Waals surface area contributed by atoms with Crippen LogP contribution in [0.5, 0.6) is 0 Å². The van der Waals surface area contributed by atoms with Crippen LogP contribution in [-0.2, 0) is 0 Å². The number of nitrogens with one attached hydrogen (secondary N) is 1. The maximum absolute atomic E-state index is 12.2. The van der Waals surface area contributed by atoms with Crippen LogP contribution < -0.4 is 0 Å². The average Bonchev–Trinajstić information content (AvgIpc) is 2.97. The Balaban J connectivity index is 1.88. The zero-order valence-corrected chi connectivity index (χ0v) is 12.7. The van der Waals surface area contributed by atoms with E-state index >= 15 is 0 Å². The van der Waals surface area contributed by atoms with E-state index in [1.54, 1.807) is 0 Å². The number of carbonyl (C=O) groups is 1. The Kier molecular flexibility index (Phi) is 5.12. The smallest absolute Gasteiger partial charge is 0.287 e. The Labute approximate surface area is 124 Å². The monoisotopic (exact) mass is 293 g/mol. The minimum absolute atomic E-state index is 0.0653. The molecule has 0 aromatic carbocycles. The third-order valence-corrected chi connectivity index (χ3v) is 4.59. The van der Waals surface area contributed by atoms with Gasteiger partial charge in [-0.3, -0.25) is 19.8 Å². The second-order valence-corrected chi connectivity index (χ2v) is 5.95. The third-order valence-electron chi connectivity index (χ3n) is 4.59. The fraction of sp³-hybridized carbons (Fsp3) is 0.667. The van der Waals surface area contributed by atoms with Gasteiger partial charge < -0.3 is 4.98 Å². The van der Waals surface area contributed by atoms with Crippen LogP contribution in [0.15, 0.2) is 12.3 Å². The number of ketones is 1. The number of likely N-dealkylation sites (N-methyl/N-ethyl adjacent to an activating group) is 1. The van der Waals surface area contributed by atoms with Crippen molar-refractivity contribution in [1.82, 2.24) is 9.88 Å². The first-order chi connectivity index (χ1) is 10.0. The SMILES string of the molecule is CCC1CCC(N(C)CC(=O)c2cc([N+](=O)[O-])c[nH]2)CC1. The molecule has 21 heavy (non-hydrogen) atoms. The van der Waals surface area contributed by atoms with Gasteiger partial charge in [-0.25, -0.2) is 0 Å². The van der Waals surface area contributed by atoms with Gasteiger partial charge in [0, 0.05) is 12.1 Å². The number of rotatable bonds is 6. The maximum atomic E-state index is 12.2. The molecule has 1 aromatic heterocycles. The van der Waals surface area contributed by atoms with E-state index in [0.29, 0.717) is 18.3 Å². The second-order valence-electron chi connectivity index (χ2n) is 5.95. The standard InChI is InChI=1S/C15H23N3O3/c1-3-11-4-6-12(7-5-11)17(2)10-15(19)14-8-13(9-16-14)18(20)21/h8-9,11-12,16H,3-7,10H2,1-2H3. The summed E-state index contributed by atoms with van der Waals surface area (Å²) in [4.78, 5) is 27.1. The van der Waals surface area contributed by atoms with Gasteiger partial charge in [-0.05, 0) is 38.6 Å². The molecule has 1 saturated carbocycles. The number of H-pyrrole nitrogens is 1. The Morgan fingerprint density at radius 1 is 1.43 bits per heavy atom. The summed E-state index contributed by atoms with van der Waals surface area (Å²) in [6.45, 7) is 2.54. The summed E-state index contributed by atoms with van der Waals surface area (Å²) in [5.74, 6) is 0.736. The van der Waals surface area contributed by atoms with E-state index in [2.05, 4.69) is 16.8 Å². The Bertz CT molecular complexity index is 504. The quantitative estimate of drug-likeness (QED) is 0.497. The number of carbonyl (C=O) groups excluding carboxylic acids is 1. The summed E-state index contributed by atoms with van der Waals surface area (Å²) in [5.41, 5.74) is 0.250. The van der Waals surface area contributed by atoms with Gasteiger partial charge in [-0.2, -0.15) is 0 Å². The summed E-state index contributed by atoms with van der Waals surface area (Å²) >= 11 is 0. The molecular formula is C15H23N3O3. The van der Waals surface area contributed by atoms with Crippen LogP contribution in [0.1, 0.15) is 49.5 Å². The number of aromatic amines is 1. The van der Waals surface area contributed by atoms with Crippen LogP contribution in [0, 0.1) is 16.0 Å². The first-order valence-electron chi connectivity index (χ1n) is 7.57. The van der Waals surface area contributed by atoms with E-state index < -0.39 is 4.92 Å². The number of hydrogen-bond donors (Lipinski definition) is 1. The van der Waals surface area contributed by atoms with Crippen molar-refractivity contribution in [2.45, 2.75) is 45.1 Å². The molecule has 1 aromatic rings. The van der Waals surface area contributed by atoms with E-state index in [9.17, 15) is 14.9 Å². The van der Waals surface area contributed by atoms with E-state index in [4.69, 9.17) is 0 Å². The number of Topliss-reactive ketones (excluding diaryl/α,β-unsaturated/α-hetero) is 1. The highest BCUT2D eigenvalue weighted by atomic mass is 16.6. The number of hydrogen-bond acceptors (Lipinski definition) is 4. The minimum atomic E-state index is -0.497. The lowest BCUT2D eigenvalue weighted by Gasteiger charge is -2.34. The molecule has 2 rings (SSSR count). The lowest BCUT2D eigenvalue weighted by molar-refractivity contribution is -0.384. The predicted molar refractivity (Wildman–Crippen MR) is 80.4 cm³/mol. The van der Waals surface area contributed by atoms with E-state index in [1.165, 1.54) is 31.5 Å². The molecule has 0 radical (unpaired) electrons. The van der Waals surface area contributed by atoms with Crippen molar-refractivity contribution in [3.8, 4) is 0 Å². The van der Waals surface area contributed by atoms with Crippen molar-refractivity contribution in [2.75, 3.05) is 13.6 Å². The van der Waals surface area contributed by atoms with Crippen LogP contribution in [0.4, 0.5) is 5.69 Å². The van der Waals surface area contributed by atoms with Crippen molar-refractivity contribution in [2.24, 2.45) is 5.92 Å². The molecule has 1 fully saturated rings. The van der Waals surface area contributed by atoms with Gasteiger partial charge in [0.25, 0.3) is 5.69 Å². The van der Waals surface area contributed by atoms with Crippen molar-refractivity contribution in [3.05, 3.63) is 28.1 Å². The predicted octanol–water partition coefficient (Wildman–Crippen LogP) is 3.01. The number of nitrogens with zero attached hydrogens (tertiary/aromatic N) is 2. The molecule has 0 amide bonds. The number of aromatic nitrogens is 1. The third kappa shape index (κ3) is 3.91. The molecule has 1 aliphatic carbocycles. The van der Waals surface area contributed by atoms with Crippen molar-refractivity contribution < 1.29 is 9.72 Å². The molecule has 0 saturated heterocycles. The van der Waals surface area contributed by atoms with Gasteiger partial charge in [-0.1, -0.05) is 13.3 Å². The lowest BCUT2D eigenvalue weighted by atomic mass is 9.84. The Morgan fingerprint density at radius 3 is 2.62 bits per heavy atom. The molecule has 116 valence electrons. The van der Waals surface area contributed by atoms with Crippen LogP contribution in [0.2, 0.25) is 0 Å². The zero-order chi connectivity index (χ0) is 15.4. The first kappa shape index (κ1) is 15.7. The molecule has 6 heteroatoms. The topological polar surface area (TPSA) is 79.2 Å². The fourth-order valence-corrected chi connectivity index (χ4v) is 3.08. The average molecular weight is 293 g/mol. The fourth-order valence-electron chi connectivity index (χ4n) is 3.08. The van der Waals surface area contributed by atoms with Crippen LogP contribution in [0.3, 0.4) is 0 Å². The molecule has 0 aliphatic heterocycles. The van der Waals surface area contributed by atoms with Gasteiger partial charge in [0.15, 0.2) is 5.78 Å². The van der Waals surface area contributed by atoms with Crippen molar-refractivity contribution in [3.63, 3.8) is 0 Å². The maximum Gasteiger partial charge on any atom is 0.287 e. The zero-order valence-electron chi connectivity index (χ0n) is 12.7. The van der Waals surface area contributed by atoms with Gasteiger partial charge in [-0.15, -0.1) is 0 Å². The molecular weight excluding hydrogens is 270 g/mol. The van der Waals surface area contributed by atoms with Gasteiger partial charge >= 0.3 is 0 Å². The molecule has 1 aliphatic rings. The normalized spacial score (nSPS) is 22.4. The van der Waals surface area contributed by atoms with Crippen LogP contribution in [-0.4, -0.2) is 40.2 Å². The molecule has 1 heterocycles. The largest absolute Gasteiger partial charge is 0.353 e. The Hall–Kier alpha value is -1.69. The van der Waals surface area contributed by atoms with Crippen molar-refractivity contribution in [1.29, 1.82) is 0 Å². The molecule has 1 N–H and O–H groups in total. The van der Waals surface area contributed by atoms with Crippen molar-refractivity contribution >= 4 is 11.5 Å². The highest BCUT2D eigenvalue weighted by Gasteiger charge is 2.25. The first-order valence-corrected chi connectivity index (χ1v) is 7.57. The van der Waals surface area contributed by atoms with Crippen LogP contribution >= 0.6 is 0 Å². The second kappa shape index (κ2) is 6.85. The summed E-state index contributed by atoms with van der Waals surface area (Å²) < 4.78 is 0.